The Morgan fingerprint density at radius 1 is 1.29 bits per heavy atom. The van der Waals surface area contributed by atoms with Crippen LogP contribution in [0.2, 0.25) is 5.02 Å². The van der Waals surface area contributed by atoms with E-state index in [4.69, 9.17) is 11.6 Å². The molecule has 0 saturated heterocycles. The quantitative estimate of drug-likeness (QED) is 0.883. The van der Waals surface area contributed by atoms with Gasteiger partial charge in [-0.05, 0) is 24.6 Å². The van der Waals surface area contributed by atoms with Crippen molar-refractivity contribution in [1.82, 2.24) is 5.32 Å². The van der Waals surface area contributed by atoms with Crippen molar-refractivity contribution in [2.24, 2.45) is 0 Å². The molecule has 0 aliphatic carbocycles. The van der Waals surface area contributed by atoms with Crippen molar-refractivity contribution >= 4 is 11.6 Å². The first kappa shape index (κ1) is 14.3. The molecule has 1 aromatic carbocycles. The molecule has 96 valence electrons. The standard InChI is InChI=1S/C11H13ClF3NO/c1-8(7-17-11(13,14)15)16-6-9-2-4-10(12)5-3-9/h2-5,8,16H,6-7H2,1H3. The number of nitrogens with one attached hydrogen (secondary N) is 1. The summed E-state index contributed by atoms with van der Waals surface area (Å²) in [5.74, 6) is 0. The van der Waals surface area contributed by atoms with Crippen molar-refractivity contribution < 1.29 is 17.9 Å². The number of ether oxygens (including phenoxy) is 1. The Morgan fingerprint density at radius 3 is 2.41 bits per heavy atom. The Labute approximate surface area is 103 Å². The first-order valence-corrected chi connectivity index (χ1v) is 5.43. The van der Waals surface area contributed by atoms with Crippen molar-refractivity contribution in [3.05, 3.63) is 34.9 Å². The van der Waals surface area contributed by atoms with E-state index in [2.05, 4.69) is 10.1 Å². The lowest BCUT2D eigenvalue weighted by Gasteiger charge is -2.15. The lowest BCUT2D eigenvalue weighted by molar-refractivity contribution is -0.326. The second-order valence-corrected chi connectivity index (χ2v) is 4.10. The largest absolute Gasteiger partial charge is 0.522 e. The van der Waals surface area contributed by atoms with Gasteiger partial charge in [0.15, 0.2) is 0 Å². The lowest BCUT2D eigenvalue weighted by Crippen LogP contribution is -2.32. The van der Waals surface area contributed by atoms with E-state index in [1.807, 2.05) is 12.1 Å². The minimum Gasteiger partial charge on any atom is -0.308 e. The first-order chi connectivity index (χ1) is 7.87. The third kappa shape index (κ3) is 6.51. The highest BCUT2D eigenvalue weighted by Crippen LogP contribution is 2.16. The fraction of sp³-hybridized carbons (Fsp3) is 0.455. The zero-order valence-corrected chi connectivity index (χ0v) is 9.98. The van der Waals surface area contributed by atoms with E-state index in [1.165, 1.54) is 0 Å². The van der Waals surface area contributed by atoms with Crippen LogP contribution in [0.5, 0.6) is 0 Å². The number of hydrogen-bond donors (Lipinski definition) is 1. The average molecular weight is 268 g/mol. The maximum absolute atomic E-state index is 11.8. The third-order valence-corrected chi connectivity index (χ3v) is 2.32. The van der Waals surface area contributed by atoms with Gasteiger partial charge in [0.2, 0.25) is 0 Å². The summed E-state index contributed by atoms with van der Waals surface area (Å²) in [4.78, 5) is 0. The van der Waals surface area contributed by atoms with Crippen molar-refractivity contribution in [3.8, 4) is 0 Å². The number of hydrogen-bond acceptors (Lipinski definition) is 2. The first-order valence-electron chi connectivity index (χ1n) is 5.05. The van der Waals surface area contributed by atoms with E-state index in [-0.39, 0.29) is 6.04 Å². The molecule has 0 bridgehead atoms. The summed E-state index contributed by atoms with van der Waals surface area (Å²) in [6, 6.07) is 6.71. The highest BCUT2D eigenvalue weighted by atomic mass is 35.5. The predicted octanol–water partition coefficient (Wildman–Crippen LogP) is 3.35. The van der Waals surface area contributed by atoms with Crippen LogP contribution in [0.4, 0.5) is 13.2 Å². The zero-order chi connectivity index (χ0) is 12.9. The van der Waals surface area contributed by atoms with Gasteiger partial charge in [0, 0.05) is 17.6 Å². The molecule has 2 nitrogen and oxygen atoms in total. The van der Waals surface area contributed by atoms with Gasteiger partial charge in [-0.2, -0.15) is 0 Å². The summed E-state index contributed by atoms with van der Waals surface area (Å²) in [5.41, 5.74) is 0.952. The molecule has 1 aromatic rings. The summed E-state index contributed by atoms with van der Waals surface area (Å²) in [6.07, 6.45) is -4.57. The van der Waals surface area contributed by atoms with Crippen molar-refractivity contribution in [2.75, 3.05) is 6.61 Å². The summed E-state index contributed by atoms with van der Waals surface area (Å²) in [7, 11) is 0. The van der Waals surface area contributed by atoms with Gasteiger partial charge >= 0.3 is 6.36 Å². The van der Waals surface area contributed by atoms with Crippen LogP contribution >= 0.6 is 11.6 Å². The van der Waals surface area contributed by atoms with Crippen LogP contribution < -0.4 is 5.32 Å². The lowest BCUT2D eigenvalue weighted by atomic mass is 10.2. The minimum absolute atomic E-state index is 0.382. The van der Waals surface area contributed by atoms with Crippen LogP contribution in [0, 0.1) is 0 Å². The molecule has 1 rings (SSSR count). The van der Waals surface area contributed by atoms with E-state index in [0.717, 1.165) is 5.56 Å². The minimum atomic E-state index is -4.57. The van der Waals surface area contributed by atoms with Crippen molar-refractivity contribution in [1.29, 1.82) is 0 Å². The summed E-state index contributed by atoms with van der Waals surface area (Å²) in [5, 5.41) is 3.55. The van der Waals surface area contributed by atoms with E-state index in [9.17, 15) is 13.2 Å². The second-order valence-electron chi connectivity index (χ2n) is 3.67. The van der Waals surface area contributed by atoms with Gasteiger partial charge < -0.3 is 5.32 Å². The molecule has 0 radical (unpaired) electrons. The number of benzene rings is 1. The molecule has 0 fully saturated rings. The smallest absolute Gasteiger partial charge is 0.308 e. The molecule has 1 unspecified atom stereocenters. The van der Waals surface area contributed by atoms with Gasteiger partial charge in [0.25, 0.3) is 0 Å². The molecule has 0 saturated carbocycles. The van der Waals surface area contributed by atoms with Crippen LogP contribution in [0.25, 0.3) is 0 Å². The van der Waals surface area contributed by atoms with Crippen LogP contribution in [0.1, 0.15) is 12.5 Å². The Balaban J connectivity index is 2.28. The van der Waals surface area contributed by atoms with Gasteiger partial charge in [-0.1, -0.05) is 23.7 Å². The molecule has 0 heterocycles. The third-order valence-electron chi connectivity index (χ3n) is 2.06. The average Bonchev–Trinajstić information content (AvgIpc) is 2.25. The number of alkyl halides is 3. The zero-order valence-electron chi connectivity index (χ0n) is 9.22. The molecule has 6 heteroatoms. The second kappa shape index (κ2) is 6.23. The Hall–Kier alpha value is -0.780. The normalized spacial score (nSPS) is 13.7. The van der Waals surface area contributed by atoms with Crippen molar-refractivity contribution in [3.63, 3.8) is 0 Å². The molecule has 0 aliphatic heterocycles. The molecule has 0 spiro atoms. The van der Waals surface area contributed by atoms with Gasteiger partial charge in [-0.25, -0.2) is 0 Å². The molecule has 1 N–H and O–H groups in total. The van der Waals surface area contributed by atoms with Crippen LogP contribution in [-0.4, -0.2) is 19.0 Å². The maximum atomic E-state index is 11.8. The molecular weight excluding hydrogens is 255 g/mol. The molecule has 0 aliphatic rings. The highest BCUT2D eigenvalue weighted by Gasteiger charge is 2.29. The molecule has 0 amide bonds. The van der Waals surface area contributed by atoms with E-state index in [0.29, 0.717) is 11.6 Å². The van der Waals surface area contributed by atoms with Crippen LogP contribution in [0.3, 0.4) is 0 Å². The summed E-state index contributed by atoms with van der Waals surface area (Å²) < 4.78 is 39.0. The predicted molar refractivity (Wildman–Crippen MR) is 59.8 cm³/mol. The SMILES string of the molecule is CC(COC(F)(F)F)NCc1ccc(Cl)cc1. The Bertz CT molecular complexity index is 340. The molecule has 17 heavy (non-hydrogen) atoms. The maximum Gasteiger partial charge on any atom is 0.522 e. The van der Waals surface area contributed by atoms with Gasteiger partial charge in [0.1, 0.15) is 0 Å². The van der Waals surface area contributed by atoms with Gasteiger partial charge in [0.05, 0.1) is 6.61 Å². The number of rotatable bonds is 5. The Morgan fingerprint density at radius 2 is 1.88 bits per heavy atom. The van der Waals surface area contributed by atoms with E-state index >= 15 is 0 Å². The van der Waals surface area contributed by atoms with Crippen LogP contribution in [0.15, 0.2) is 24.3 Å². The monoisotopic (exact) mass is 267 g/mol. The van der Waals surface area contributed by atoms with E-state index < -0.39 is 13.0 Å². The molecule has 1 atom stereocenters. The highest BCUT2D eigenvalue weighted by molar-refractivity contribution is 6.30. The van der Waals surface area contributed by atoms with Gasteiger partial charge in [-0.3, -0.25) is 4.74 Å². The van der Waals surface area contributed by atoms with Crippen molar-refractivity contribution in [2.45, 2.75) is 25.9 Å². The van der Waals surface area contributed by atoms with Gasteiger partial charge in [-0.15, -0.1) is 13.2 Å². The molecule has 0 aromatic heterocycles. The topological polar surface area (TPSA) is 21.3 Å². The Kier molecular flexibility index (Phi) is 5.24. The van der Waals surface area contributed by atoms with Crippen LogP contribution in [-0.2, 0) is 11.3 Å². The summed E-state index contributed by atoms with van der Waals surface area (Å²) >= 11 is 5.71. The van der Waals surface area contributed by atoms with E-state index in [1.54, 1.807) is 19.1 Å². The summed E-state index contributed by atoms with van der Waals surface area (Å²) in [6.45, 7) is 1.69. The number of halogens is 4. The molecular formula is C11H13ClF3NO. The fourth-order valence-electron chi connectivity index (χ4n) is 1.17. The fourth-order valence-corrected chi connectivity index (χ4v) is 1.30.